The molecular formula is C22H20F3N3O5S. The van der Waals surface area contributed by atoms with Gasteiger partial charge in [0.25, 0.3) is 0 Å². The van der Waals surface area contributed by atoms with Crippen LogP contribution in [0.25, 0.3) is 11.1 Å². The number of carbonyl (C=O) groups is 2. The second-order valence-corrected chi connectivity index (χ2v) is 9.12. The molecule has 0 radical (unpaired) electrons. The van der Waals surface area contributed by atoms with Crippen LogP contribution in [0.15, 0.2) is 58.5 Å². The monoisotopic (exact) mass is 495 g/mol. The molecule has 2 aromatic carbocycles. The smallest absolute Gasteiger partial charge is 0.476 e. The Morgan fingerprint density at radius 3 is 2.06 bits per heavy atom. The van der Waals surface area contributed by atoms with Crippen molar-refractivity contribution in [3.05, 3.63) is 54.2 Å². The van der Waals surface area contributed by atoms with Gasteiger partial charge in [-0.15, -0.1) is 18.3 Å². The highest BCUT2D eigenvalue weighted by Crippen LogP contribution is 2.32. The first-order valence-corrected chi connectivity index (χ1v) is 10.6. The number of ether oxygens (including phenoxy) is 2. The standard InChI is InChI=1S/C22H20F3N3O5S/c1-21(2,3)20(31)32-12-28-17(19(29)30)18(26-27-28)34-16-10-6-14(7-11-16)13-4-8-15(9-5-13)33-22(23,24)25/h4-11H,12H2,1-3H3,(H,29,30). The van der Waals surface area contributed by atoms with Crippen LogP contribution < -0.4 is 4.74 Å². The molecule has 1 aromatic heterocycles. The van der Waals surface area contributed by atoms with E-state index in [0.29, 0.717) is 10.5 Å². The number of hydrogen-bond acceptors (Lipinski definition) is 7. The highest BCUT2D eigenvalue weighted by atomic mass is 32.2. The Balaban J connectivity index is 1.72. The molecule has 34 heavy (non-hydrogen) atoms. The Bertz CT molecular complexity index is 1170. The van der Waals surface area contributed by atoms with Crippen molar-refractivity contribution in [1.29, 1.82) is 0 Å². The summed E-state index contributed by atoms with van der Waals surface area (Å²) in [5.41, 5.74) is 0.425. The number of rotatable bonds is 7. The van der Waals surface area contributed by atoms with E-state index in [1.807, 2.05) is 0 Å². The van der Waals surface area contributed by atoms with Gasteiger partial charge in [0.05, 0.1) is 5.41 Å². The van der Waals surface area contributed by atoms with Crippen LogP contribution in [0.2, 0.25) is 0 Å². The number of benzene rings is 2. The van der Waals surface area contributed by atoms with E-state index < -0.39 is 30.4 Å². The summed E-state index contributed by atoms with van der Waals surface area (Å²) in [5.74, 6) is -2.11. The van der Waals surface area contributed by atoms with E-state index in [4.69, 9.17) is 4.74 Å². The van der Waals surface area contributed by atoms with Crippen LogP contribution in [0.3, 0.4) is 0 Å². The van der Waals surface area contributed by atoms with Gasteiger partial charge < -0.3 is 14.6 Å². The van der Waals surface area contributed by atoms with E-state index in [1.165, 1.54) is 24.3 Å². The van der Waals surface area contributed by atoms with Gasteiger partial charge in [-0.25, -0.2) is 9.48 Å². The number of halogens is 3. The first kappa shape index (κ1) is 25.1. The van der Waals surface area contributed by atoms with Crippen molar-refractivity contribution < 1.29 is 37.3 Å². The number of nitrogens with zero attached hydrogens (tertiary/aromatic N) is 3. The summed E-state index contributed by atoms with van der Waals surface area (Å²) in [4.78, 5) is 24.4. The van der Waals surface area contributed by atoms with Gasteiger partial charge in [-0.2, -0.15) is 0 Å². The lowest BCUT2D eigenvalue weighted by molar-refractivity contribution is -0.274. The number of aromatic carboxylic acids is 1. The Labute approximate surface area is 196 Å². The highest BCUT2D eigenvalue weighted by Gasteiger charge is 2.31. The summed E-state index contributed by atoms with van der Waals surface area (Å²) in [6, 6.07) is 12.3. The van der Waals surface area contributed by atoms with Gasteiger partial charge in [0.2, 0.25) is 0 Å². The normalized spacial score (nSPS) is 11.8. The minimum absolute atomic E-state index is 0.112. The zero-order valence-electron chi connectivity index (χ0n) is 18.3. The predicted octanol–water partition coefficient (Wildman–Crippen LogP) is 5.24. The fourth-order valence-electron chi connectivity index (χ4n) is 2.67. The van der Waals surface area contributed by atoms with Gasteiger partial charge >= 0.3 is 18.3 Å². The van der Waals surface area contributed by atoms with Crippen molar-refractivity contribution in [1.82, 2.24) is 15.0 Å². The quantitative estimate of drug-likeness (QED) is 0.444. The second kappa shape index (κ2) is 9.75. The Kier molecular flexibility index (Phi) is 7.20. The minimum atomic E-state index is -4.76. The maximum Gasteiger partial charge on any atom is 0.573 e. The molecule has 0 atom stereocenters. The lowest BCUT2D eigenvalue weighted by atomic mass is 9.98. The average molecular weight is 495 g/mol. The van der Waals surface area contributed by atoms with Gasteiger partial charge in [-0.05, 0) is 56.2 Å². The van der Waals surface area contributed by atoms with E-state index in [0.717, 1.165) is 22.0 Å². The molecule has 0 unspecified atom stereocenters. The van der Waals surface area contributed by atoms with Crippen molar-refractivity contribution in [2.45, 2.75) is 43.8 Å². The molecule has 0 saturated carbocycles. The molecule has 180 valence electrons. The van der Waals surface area contributed by atoms with Crippen LogP contribution in [-0.2, 0) is 16.3 Å². The second-order valence-electron chi connectivity index (χ2n) is 8.06. The SMILES string of the molecule is CC(C)(C)C(=O)OCn1nnc(Sc2ccc(-c3ccc(OC(F)(F)F)cc3)cc2)c1C(=O)O. The predicted molar refractivity (Wildman–Crippen MR) is 115 cm³/mol. The summed E-state index contributed by atoms with van der Waals surface area (Å²) in [5, 5.41) is 17.4. The Morgan fingerprint density at radius 2 is 1.56 bits per heavy atom. The lowest BCUT2D eigenvalue weighted by Gasteiger charge is -2.16. The summed E-state index contributed by atoms with van der Waals surface area (Å²) in [7, 11) is 0. The maximum atomic E-state index is 12.3. The van der Waals surface area contributed by atoms with Gasteiger partial charge in [0, 0.05) is 4.90 Å². The molecule has 0 amide bonds. The van der Waals surface area contributed by atoms with Crippen LogP contribution in [0.4, 0.5) is 13.2 Å². The van der Waals surface area contributed by atoms with E-state index >= 15 is 0 Å². The number of carboxylic acids is 1. The lowest BCUT2D eigenvalue weighted by Crippen LogP contribution is -2.25. The number of alkyl halides is 3. The summed E-state index contributed by atoms with van der Waals surface area (Å²) in [6.45, 7) is 4.62. The maximum absolute atomic E-state index is 12.3. The molecule has 0 aliphatic rings. The van der Waals surface area contributed by atoms with Crippen LogP contribution in [-0.4, -0.2) is 38.4 Å². The first-order chi connectivity index (χ1) is 15.8. The molecule has 0 fully saturated rings. The zero-order valence-corrected chi connectivity index (χ0v) is 19.1. The van der Waals surface area contributed by atoms with Crippen molar-refractivity contribution >= 4 is 23.7 Å². The molecule has 1 heterocycles. The highest BCUT2D eigenvalue weighted by molar-refractivity contribution is 7.99. The van der Waals surface area contributed by atoms with Gasteiger partial charge in [0.1, 0.15) is 5.75 Å². The minimum Gasteiger partial charge on any atom is -0.476 e. The Hall–Kier alpha value is -3.54. The van der Waals surface area contributed by atoms with Crippen LogP contribution >= 0.6 is 11.8 Å². The van der Waals surface area contributed by atoms with Crippen molar-refractivity contribution in [2.75, 3.05) is 0 Å². The molecule has 3 aromatic rings. The number of esters is 1. The number of aromatic nitrogens is 3. The molecule has 12 heteroatoms. The van der Waals surface area contributed by atoms with E-state index in [1.54, 1.807) is 45.0 Å². The van der Waals surface area contributed by atoms with Crippen LogP contribution in [0.1, 0.15) is 31.3 Å². The summed E-state index contributed by atoms with van der Waals surface area (Å²) in [6.07, 6.45) is -4.76. The van der Waals surface area contributed by atoms with Crippen molar-refractivity contribution in [3.63, 3.8) is 0 Å². The average Bonchev–Trinajstić information content (AvgIpc) is 3.14. The molecule has 0 saturated heterocycles. The third-order valence-electron chi connectivity index (χ3n) is 4.33. The Morgan fingerprint density at radius 1 is 1.00 bits per heavy atom. The molecule has 0 bridgehead atoms. The van der Waals surface area contributed by atoms with Crippen LogP contribution in [0.5, 0.6) is 5.75 Å². The number of carbonyl (C=O) groups excluding carboxylic acids is 1. The molecule has 0 aliphatic heterocycles. The van der Waals surface area contributed by atoms with Crippen LogP contribution in [0, 0.1) is 5.41 Å². The van der Waals surface area contributed by atoms with Crippen molar-refractivity contribution in [2.24, 2.45) is 5.41 Å². The molecular weight excluding hydrogens is 475 g/mol. The summed E-state index contributed by atoms with van der Waals surface area (Å²) >= 11 is 1.06. The topological polar surface area (TPSA) is 104 Å². The number of carboxylic acid groups (broad SMARTS) is 1. The molecule has 8 nitrogen and oxygen atoms in total. The molecule has 1 N–H and O–H groups in total. The summed E-state index contributed by atoms with van der Waals surface area (Å²) < 4.78 is 46.9. The molecule has 0 spiro atoms. The fourth-order valence-corrected chi connectivity index (χ4v) is 3.53. The zero-order chi connectivity index (χ0) is 25.1. The van der Waals surface area contributed by atoms with E-state index in [-0.39, 0.29) is 16.5 Å². The largest absolute Gasteiger partial charge is 0.573 e. The molecule has 3 rings (SSSR count). The third kappa shape index (κ3) is 6.50. The number of hydrogen-bond donors (Lipinski definition) is 1. The van der Waals surface area contributed by atoms with Gasteiger partial charge in [-0.3, -0.25) is 4.79 Å². The third-order valence-corrected chi connectivity index (χ3v) is 5.30. The van der Waals surface area contributed by atoms with Gasteiger partial charge in [-0.1, -0.05) is 41.2 Å². The van der Waals surface area contributed by atoms with E-state index in [2.05, 4.69) is 15.0 Å². The van der Waals surface area contributed by atoms with Crippen molar-refractivity contribution in [3.8, 4) is 16.9 Å². The van der Waals surface area contributed by atoms with Gasteiger partial charge in [0.15, 0.2) is 17.5 Å². The molecule has 0 aliphatic carbocycles. The van der Waals surface area contributed by atoms with E-state index in [9.17, 15) is 27.9 Å². The fraction of sp³-hybridized carbons (Fsp3) is 0.273. The first-order valence-electron chi connectivity index (χ1n) is 9.81.